The Balaban J connectivity index is 1.62. The first kappa shape index (κ1) is 16.4. The number of hydrogen-bond donors (Lipinski definition) is 1. The number of rotatable bonds is 3. The maximum atomic E-state index is 12.0. The summed E-state index contributed by atoms with van der Waals surface area (Å²) in [7, 11) is 1.50. The molecule has 9 nitrogen and oxygen atoms in total. The monoisotopic (exact) mass is 340 g/mol. The number of amides is 3. The van der Waals surface area contributed by atoms with Crippen molar-refractivity contribution in [2.45, 2.75) is 6.92 Å². The molecular weight excluding hydrogens is 324 g/mol. The third-order valence-corrected chi connectivity index (χ3v) is 3.31. The summed E-state index contributed by atoms with van der Waals surface area (Å²) in [6.45, 7) is 1.93. The van der Waals surface area contributed by atoms with E-state index in [0.29, 0.717) is 11.5 Å². The summed E-state index contributed by atoms with van der Waals surface area (Å²) in [4.78, 5) is 32.2. The molecule has 3 rings (SSSR count). The number of ether oxygens (including phenoxy) is 1. The number of aromatic nitrogens is 2. The lowest BCUT2D eigenvalue weighted by atomic mass is 10.2. The quantitative estimate of drug-likeness (QED) is 0.919. The number of hydrazone groups is 1. The Bertz CT molecular complexity index is 806. The van der Waals surface area contributed by atoms with Crippen LogP contribution in [-0.2, 0) is 0 Å². The van der Waals surface area contributed by atoms with Crippen molar-refractivity contribution in [2.75, 3.05) is 13.6 Å². The molecular formula is C16H16N6O3. The van der Waals surface area contributed by atoms with Crippen LogP contribution in [0.4, 0.5) is 9.59 Å². The Hall–Kier alpha value is -3.49. The van der Waals surface area contributed by atoms with Crippen LogP contribution < -0.4 is 10.2 Å². The van der Waals surface area contributed by atoms with Crippen molar-refractivity contribution >= 4 is 17.8 Å². The number of hydrazine groups is 1. The maximum Gasteiger partial charge on any atom is 0.431 e. The highest BCUT2D eigenvalue weighted by Gasteiger charge is 2.25. The van der Waals surface area contributed by atoms with Gasteiger partial charge in [-0.15, -0.1) is 0 Å². The van der Waals surface area contributed by atoms with Crippen LogP contribution in [0.1, 0.15) is 6.92 Å². The minimum Gasteiger partial charge on any atom is -0.406 e. The SMILES string of the molecule is CC1=NN(C)C(=O)N(NC(=O)Oc2cnc(-c3ccccc3)nc2)C1. The van der Waals surface area contributed by atoms with Crippen LogP contribution in [0.5, 0.6) is 5.75 Å². The van der Waals surface area contributed by atoms with Gasteiger partial charge in [0, 0.05) is 12.6 Å². The fraction of sp³-hybridized carbons (Fsp3) is 0.188. The second kappa shape index (κ2) is 6.95. The molecule has 1 aromatic carbocycles. The van der Waals surface area contributed by atoms with Crippen molar-refractivity contribution in [3.05, 3.63) is 42.7 Å². The van der Waals surface area contributed by atoms with Crippen molar-refractivity contribution in [2.24, 2.45) is 5.10 Å². The van der Waals surface area contributed by atoms with Crippen molar-refractivity contribution in [1.29, 1.82) is 0 Å². The zero-order chi connectivity index (χ0) is 17.8. The molecule has 0 bridgehead atoms. The molecule has 0 fully saturated rings. The van der Waals surface area contributed by atoms with E-state index in [1.807, 2.05) is 30.3 Å². The second-order valence-electron chi connectivity index (χ2n) is 5.34. The van der Waals surface area contributed by atoms with Gasteiger partial charge in [-0.05, 0) is 6.92 Å². The summed E-state index contributed by atoms with van der Waals surface area (Å²) in [5.41, 5.74) is 3.90. The Labute approximate surface area is 143 Å². The Morgan fingerprint density at radius 1 is 1.20 bits per heavy atom. The van der Waals surface area contributed by atoms with Gasteiger partial charge in [0.25, 0.3) is 0 Å². The predicted molar refractivity (Wildman–Crippen MR) is 89.6 cm³/mol. The third-order valence-electron chi connectivity index (χ3n) is 3.31. The average Bonchev–Trinajstić information content (AvgIpc) is 2.60. The van der Waals surface area contributed by atoms with Crippen molar-refractivity contribution in [3.8, 4) is 17.1 Å². The van der Waals surface area contributed by atoms with Crippen LogP contribution in [0.15, 0.2) is 47.8 Å². The highest BCUT2D eigenvalue weighted by Crippen LogP contribution is 2.16. The fourth-order valence-corrected chi connectivity index (χ4v) is 2.23. The molecule has 0 atom stereocenters. The smallest absolute Gasteiger partial charge is 0.406 e. The van der Waals surface area contributed by atoms with E-state index in [4.69, 9.17) is 4.74 Å². The molecule has 9 heteroatoms. The van der Waals surface area contributed by atoms with E-state index in [9.17, 15) is 9.59 Å². The molecule has 25 heavy (non-hydrogen) atoms. The largest absolute Gasteiger partial charge is 0.431 e. The van der Waals surface area contributed by atoms with E-state index in [2.05, 4.69) is 20.5 Å². The first-order valence-corrected chi connectivity index (χ1v) is 7.48. The van der Waals surface area contributed by atoms with E-state index in [-0.39, 0.29) is 12.3 Å². The van der Waals surface area contributed by atoms with E-state index in [1.54, 1.807) is 6.92 Å². The van der Waals surface area contributed by atoms with Gasteiger partial charge in [0.05, 0.1) is 24.7 Å². The lowest BCUT2D eigenvalue weighted by molar-refractivity contribution is 0.129. The van der Waals surface area contributed by atoms with Gasteiger partial charge in [0.2, 0.25) is 0 Å². The maximum absolute atomic E-state index is 12.0. The number of urea groups is 1. The molecule has 0 saturated carbocycles. The summed E-state index contributed by atoms with van der Waals surface area (Å²) < 4.78 is 5.10. The molecule has 0 radical (unpaired) electrons. The average molecular weight is 340 g/mol. The number of carbonyl (C=O) groups is 2. The second-order valence-corrected chi connectivity index (χ2v) is 5.34. The van der Waals surface area contributed by atoms with E-state index in [0.717, 1.165) is 15.6 Å². The molecule has 128 valence electrons. The molecule has 0 spiro atoms. The molecule has 0 saturated heterocycles. The van der Waals surface area contributed by atoms with Crippen LogP contribution >= 0.6 is 0 Å². The van der Waals surface area contributed by atoms with Gasteiger partial charge < -0.3 is 4.74 Å². The van der Waals surface area contributed by atoms with Crippen molar-refractivity contribution in [1.82, 2.24) is 25.4 Å². The molecule has 1 aliphatic rings. The van der Waals surface area contributed by atoms with Crippen LogP contribution in [0.3, 0.4) is 0 Å². The molecule has 2 heterocycles. The van der Waals surface area contributed by atoms with Crippen molar-refractivity contribution in [3.63, 3.8) is 0 Å². The third kappa shape index (κ3) is 3.89. The lowest BCUT2D eigenvalue weighted by Gasteiger charge is -2.29. The predicted octanol–water partition coefficient (Wildman–Crippen LogP) is 1.89. The molecule has 0 aliphatic carbocycles. The first-order chi connectivity index (χ1) is 12.0. The van der Waals surface area contributed by atoms with Crippen molar-refractivity contribution < 1.29 is 14.3 Å². The van der Waals surface area contributed by atoms with Gasteiger partial charge >= 0.3 is 12.1 Å². The molecule has 3 amide bonds. The van der Waals surface area contributed by atoms with E-state index in [1.165, 1.54) is 19.4 Å². The molecule has 0 unspecified atom stereocenters. The number of nitrogens with one attached hydrogen (secondary N) is 1. The van der Waals surface area contributed by atoms with Crippen LogP contribution in [0, 0.1) is 0 Å². The van der Waals surface area contributed by atoms with Gasteiger partial charge in [0.1, 0.15) is 0 Å². The zero-order valence-electron chi connectivity index (χ0n) is 13.7. The number of benzene rings is 1. The van der Waals surface area contributed by atoms with Gasteiger partial charge in [0.15, 0.2) is 11.6 Å². The zero-order valence-corrected chi connectivity index (χ0v) is 13.7. The summed E-state index contributed by atoms with van der Waals surface area (Å²) in [5.74, 6) is 0.688. The normalized spacial score (nSPS) is 14.2. The van der Waals surface area contributed by atoms with Crippen LogP contribution in [0.2, 0.25) is 0 Å². The molecule has 1 aliphatic heterocycles. The van der Waals surface area contributed by atoms with Crippen LogP contribution in [0.25, 0.3) is 11.4 Å². The van der Waals surface area contributed by atoms with Gasteiger partial charge in [-0.1, -0.05) is 30.3 Å². The molecule has 1 aromatic heterocycles. The van der Waals surface area contributed by atoms with E-state index < -0.39 is 12.1 Å². The Morgan fingerprint density at radius 3 is 2.56 bits per heavy atom. The summed E-state index contributed by atoms with van der Waals surface area (Å²) in [6, 6.07) is 8.97. The van der Waals surface area contributed by atoms with Gasteiger partial charge in [-0.25, -0.2) is 35.0 Å². The first-order valence-electron chi connectivity index (χ1n) is 7.48. The number of nitrogens with zero attached hydrogens (tertiary/aromatic N) is 5. The summed E-state index contributed by atoms with van der Waals surface area (Å²) in [5, 5.41) is 6.24. The van der Waals surface area contributed by atoms with Gasteiger partial charge in [-0.3, -0.25) is 0 Å². The highest BCUT2D eigenvalue weighted by molar-refractivity contribution is 5.92. The van der Waals surface area contributed by atoms with Gasteiger partial charge in [-0.2, -0.15) is 5.10 Å². The summed E-state index contributed by atoms with van der Waals surface area (Å²) >= 11 is 0. The lowest BCUT2D eigenvalue weighted by Crippen LogP contribution is -2.55. The number of hydrogen-bond acceptors (Lipinski definition) is 6. The minimum absolute atomic E-state index is 0.167. The standard InChI is InChI=1S/C16H16N6O3/c1-11-10-22(16(24)21(2)19-11)20-15(23)25-13-8-17-14(18-9-13)12-6-4-3-5-7-12/h3-9H,10H2,1-2H3,(H,20,23). The van der Waals surface area contributed by atoms with Crippen LogP contribution in [-0.4, -0.2) is 51.4 Å². The fourth-order valence-electron chi connectivity index (χ4n) is 2.23. The summed E-state index contributed by atoms with van der Waals surface area (Å²) in [6.07, 6.45) is 1.98. The highest BCUT2D eigenvalue weighted by atomic mass is 16.6. The molecule has 2 aromatic rings. The van der Waals surface area contributed by atoms with E-state index >= 15 is 0 Å². The topological polar surface area (TPSA) is 100 Å². The number of carbonyl (C=O) groups excluding carboxylic acids is 2. The Kier molecular flexibility index (Phi) is 4.55. The Morgan fingerprint density at radius 2 is 1.88 bits per heavy atom. The molecule has 1 N–H and O–H groups in total. The minimum atomic E-state index is -0.812.